The monoisotopic (exact) mass is 220 g/mol. The van der Waals surface area contributed by atoms with Gasteiger partial charge in [0.15, 0.2) is 8.32 Å². The summed E-state index contributed by atoms with van der Waals surface area (Å²) < 4.78 is 16.3. The number of methoxy groups -OCH3 is 1. The molecule has 86 valence electrons. The zero-order chi connectivity index (χ0) is 11.2. The molecular weight excluding hydrogens is 196 g/mol. The van der Waals surface area contributed by atoms with Crippen molar-refractivity contribution in [2.75, 3.05) is 26.9 Å². The maximum Gasteiger partial charge on any atom is 0.184 e. The van der Waals surface area contributed by atoms with Crippen molar-refractivity contribution in [3.63, 3.8) is 0 Å². The number of hydrogen-bond acceptors (Lipinski definition) is 3. The molecule has 0 aromatic heterocycles. The van der Waals surface area contributed by atoms with Crippen LogP contribution < -0.4 is 0 Å². The van der Waals surface area contributed by atoms with Gasteiger partial charge in [0.05, 0.1) is 25.4 Å². The lowest BCUT2D eigenvalue weighted by Gasteiger charge is -2.32. The Labute approximate surface area is 88.9 Å². The second-order valence-corrected chi connectivity index (χ2v) is 9.45. The molecule has 0 aliphatic carbocycles. The molecule has 0 bridgehead atoms. The third-order valence-corrected chi connectivity index (χ3v) is 2.63. The first-order chi connectivity index (χ1) is 6.27. The maximum atomic E-state index is 5.98. The molecule has 0 N–H and O–H groups in total. The Morgan fingerprint density at radius 2 is 1.64 bits per heavy atom. The summed E-state index contributed by atoms with van der Waals surface area (Å²) in [4.78, 5) is 0. The van der Waals surface area contributed by atoms with Crippen LogP contribution in [0.2, 0.25) is 19.6 Å². The van der Waals surface area contributed by atoms with Crippen LogP contribution in [0.3, 0.4) is 0 Å². The predicted molar refractivity (Wildman–Crippen MR) is 61.2 cm³/mol. The second kappa shape index (κ2) is 5.85. The van der Waals surface area contributed by atoms with Gasteiger partial charge in [-0.3, -0.25) is 0 Å². The lowest BCUT2D eigenvalue weighted by Crippen LogP contribution is -2.41. The summed E-state index contributed by atoms with van der Waals surface area (Å²) in [6, 6.07) is 0. The van der Waals surface area contributed by atoms with Gasteiger partial charge < -0.3 is 13.9 Å². The van der Waals surface area contributed by atoms with E-state index in [0.29, 0.717) is 19.8 Å². The normalized spacial score (nSPS) is 13.3. The third-order valence-electron chi connectivity index (χ3n) is 1.46. The van der Waals surface area contributed by atoms with Gasteiger partial charge in [-0.15, -0.1) is 0 Å². The molecule has 14 heavy (non-hydrogen) atoms. The zero-order valence-electron chi connectivity index (χ0n) is 10.3. The van der Waals surface area contributed by atoms with Gasteiger partial charge in [0.25, 0.3) is 0 Å². The number of rotatable bonds is 7. The Hall–Kier alpha value is 0.0969. The van der Waals surface area contributed by atoms with Gasteiger partial charge in [0, 0.05) is 7.11 Å². The van der Waals surface area contributed by atoms with Crippen molar-refractivity contribution in [1.82, 2.24) is 0 Å². The largest absolute Gasteiger partial charge is 0.410 e. The molecule has 0 saturated carbocycles. The molecular formula is C10H24O3Si. The van der Waals surface area contributed by atoms with Crippen LogP contribution in [0.5, 0.6) is 0 Å². The van der Waals surface area contributed by atoms with Crippen LogP contribution in [0.25, 0.3) is 0 Å². The highest BCUT2D eigenvalue weighted by atomic mass is 28.4. The summed E-state index contributed by atoms with van der Waals surface area (Å²) in [6.45, 7) is 12.6. The number of ether oxygens (including phenoxy) is 2. The first-order valence-electron chi connectivity index (χ1n) is 5.04. The fraction of sp³-hybridized carbons (Fsp3) is 1.00. The average Bonchev–Trinajstić information content (AvgIpc) is 1.93. The highest BCUT2D eigenvalue weighted by molar-refractivity contribution is 6.69. The molecule has 0 aliphatic heterocycles. The van der Waals surface area contributed by atoms with E-state index in [2.05, 4.69) is 33.5 Å². The molecule has 3 nitrogen and oxygen atoms in total. The second-order valence-electron chi connectivity index (χ2n) is 5.02. The molecule has 0 atom stereocenters. The van der Waals surface area contributed by atoms with Gasteiger partial charge in [-0.05, 0) is 33.5 Å². The topological polar surface area (TPSA) is 27.7 Å². The minimum atomic E-state index is -1.47. The molecule has 0 rings (SSSR count). The summed E-state index contributed by atoms with van der Waals surface area (Å²) in [5.41, 5.74) is -0.182. The van der Waals surface area contributed by atoms with E-state index in [1.807, 2.05) is 0 Å². The summed E-state index contributed by atoms with van der Waals surface area (Å²) >= 11 is 0. The van der Waals surface area contributed by atoms with E-state index in [1.54, 1.807) is 7.11 Å². The molecule has 0 spiro atoms. The fourth-order valence-corrected chi connectivity index (χ4v) is 3.04. The first-order valence-corrected chi connectivity index (χ1v) is 8.44. The molecule has 0 saturated heterocycles. The van der Waals surface area contributed by atoms with Gasteiger partial charge >= 0.3 is 0 Å². The summed E-state index contributed by atoms with van der Waals surface area (Å²) in [5, 5.41) is 0. The predicted octanol–water partition coefficient (Wildman–Crippen LogP) is 2.28. The Morgan fingerprint density at radius 1 is 1.07 bits per heavy atom. The van der Waals surface area contributed by atoms with Crippen molar-refractivity contribution < 1.29 is 13.9 Å². The van der Waals surface area contributed by atoms with E-state index < -0.39 is 8.32 Å². The molecule has 0 radical (unpaired) electrons. The number of hydrogen-bond donors (Lipinski definition) is 0. The molecule has 0 fully saturated rings. The molecule has 4 heteroatoms. The summed E-state index contributed by atoms with van der Waals surface area (Å²) in [5.74, 6) is 0. The SMILES string of the molecule is COCCOCC(C)(C)O[Si](C)(C)C. The van der Waals surface area contributed by atoms with Crippen molar-refractivity contribution in [3.05, 3.63) is 0 Å². The molecule has 0 unspecified atom stereocenters. The van der Waals surface area contributed by atoms with Crippen molar-refractivity contribution >= 4 is 8.32 Å². The van der Waals surface area contributed by atoms with E-state index in [4.69, 9.17) is 13.9 Å². The van der Waals surface area contributed by atoms with Gasteiger partial charge in [-0.1, -0.05) is 0 Å². The van der Waals surface area contributed by atoms with Crippen LogP contribution in [0.15, 0.2) is 0 Å². The van der Waals surface area contributed by atoms with Crippen molar-refractivity contribution in [2.45, 2.75) is 39.1 Å². The van der Waals surface area contributed by atoms with Crippen LogP contribution in [0.4, 0.5) is 0 Å². The van der Waals surface area contributed by atoms with Gasteiger partial charge in [-0.2, -0.15) is 0 Å². The highest BCUT2D eigenvalue weighted by Gasteiger charge is 2.27. The van der Waals surface area contributed by atoms with E-state index >= 15 is 0 Å². The lowest BCUT2D eigenvalue weighted by atomic mass is 10.2. The standard InChI is InChI=1S/C10H24O3Si/c1-10(2,13-14(4,5)6)9-12-8-7-11-3/h7-9H2,1-6H3. The summed E-state index contributed by atoms with van der Waals surface area (Å²) in [7, 11) is 0.201. The lowest BCUT2D eigenvalue weighted by molar-refractivity contribution is -0.0223. The fourth-order valence-electron chi connectivity index (χ4n) is 1.32. The molecule has 0 aromatic carbocycles. The van der Waals surface area contributed by atoms with Gasteiger partial charge in [-0.25, -0.2) is 0 Å². The van der Waals surface area contributed by atoms with Gasteiger partial charge in [0.2, 0.25) is 0 Å². The smallest absolute Gasteiger partial charge is 0.184 e. The molecule has 0 aromatic rings. The van der Waals surface area contributed by atoms with E-state index in [-0.39, 0.29) is 5.60 Å². The van der Waals surface area contributed by atoms with Crippen LogP contribution in [0.1, 0.15) is 13.8 Å². The van der Waals surface area contributed by atoms with Crippen molar-refractivity contribution in [1.29, 1.82) is 0 Å². The van der Waals surface area contributed by atoms with Crippen LogP contribution >= 0.6 is 0 Å². The van der Waals surface area contributed by atoms with Crippen molar-refractivity contribution in [2.24, 2.45) is 0 Å². The van der Waals surface area contributed by atoms with Crippen molar-refractivity contribution in [3.8, 4) is 0 Å². The average molecular weight is 220 g/mol. The Bertz CT molecular complexity index is 152. The van der Waals surface area contributed by atoms with Gasteiger partial charge in [0.1, 0.15) is 0 Å². The summed E-state index contributed by atoms with van der Waals surface area (Å²) in [6.07, 6.45) is 0. The quantitative estimate of drug-likeness (QED) is 0.486. The van der Waals surface area contributed by atoms with E-state index in [0.717, 1.165) is 0 Å². The first kappa shape index (κ1) is 14.1. The minimum absolute atomic E-state index is 0.182. The van der Waals surface area contributed by atoms with Crippen LogP contribution in [-0.4, -0.2) is 40.8 Å². The van der Waals surface area contributed by atoms with E-state index in [1.165, 1.54) is 0 Å². The highest BCUT2D eigenvalue weighted by Crippen LogP contribution is 2.17. The Kier molecular flexibility index (Phi) is 5.89. The Morgan fingerprint density at radius 3 is 2.07 bits per heavy atom. The Balaban J connectivity index is 3.72. The van der Waals surface area contributed by atoms with Crippen LogP contribution in [-0.2, 0) is 13.9 Å². The maximum absolute atomic E-state index is 5.98. The van der Waals surface area contributed by atoms with Crippen LogP contribution in [0, 0.1) is 0 Å². The zero-order valence-corrected chi connectivity index (χ0v) is 11.3. The molecule has 0 aliphatic rings. The minimum Gasteiger partial charge on any atom is -0.410 e. The third kappa shape index (κ3) is 8.68. The molecule has 0 heterocycles. The molecule has 0 amide bonds. The van der Waals surface area contributed by atoms with E-state index in [9.17, 15) is 0 Å².